The van der Waals surface area contributed by atoms with Gasteiger partial charge in [-0.1, -0.05) is 30.3 Å². The average Bonchev–Trinajstić information content (AvgIpc) is 3.05. The summed E-state index contributed by atoms with van der Waals surface area (Å²) in [6.45, 7) is 5.00. The molecule has 5 heteroatoms. The molecule has 1 aromatic carbocycles. The molecule has 0 amide bonds. The fraction of sp³-hybridized carbons (Fsp3) is 0.529. The molecule has 2 rings (SSSR count). The molecule has 1 aromatic rings. The van der Waals surface area contributed by atoms with Crippen molar-refractivity contribution in [3.05, 3.63) is 35.9 Å². The first-order valence-electron chi connectivity index (χ1n) is 7.18. The Kier molecular flexibility index (Phi) is 4.25. The minimum atomic E-state index is -1.97. The van der Waals surface area contributed by atoms with E-state index < -0.39 is 22.7 Å². The Morgan fingerprint density at radius 2 is 2.00 bits per heavy atom. The average molecular weight is 305 g/mol. The van der Waals surface area contributed by atoms with Crippen LogP contribution >= 0.6 is 0 Å². The Bertz CT molecular complexity index is 590. The Hall–Kier alpha value is -1.93. The molecule has 1 aliphatic rings. The SMILES string of the molecule is CC(C)(C)OC(=O)C1(C#N)CC1(F)COCc1ccccc1. The fourth-order valence-corrected chi connectivity index (χ4v) is 2.26. The van der Waals surface area contributed by atoms with Gasteiger partial charge in [-0.05, 0) is 26.3 Å². The smallest absolute Gasteiger partial charge is 0.330 e. The second-order valence-corrected chi connectivity index (χ2v) is 6.64. The van der Waals surface area contributed by atoms with Crippen LogP contribution in [0.25, 0.3) is 0 Å². The van der Waals surface area contributed by atoms with Gasteiger partial charge in [-0.3, -0.25) is 4.79 Å². The van der Waals surface area contributed by atoms with Gasteiger partial charge in [-0.2, -0.15) is 5.26 Å². The van der Waals surface area contributed by atoms with Gasteiger partial charge in [0.15, 0.2) is 11.1 Å². The number of esters is 1. The number of ether oxygens (including phenoxy) is 2. The summed E-state index contributed by atoms with van der Waals surface area (Å²) in [5.41, 5.74) is -3.56. The van der Waals surface area contributed by atoms with Crippen LogP contribution in [0.2, 0.25) is 0 Å². The number of nitrogens with zero attached hydrogens (tertiary/aromatic N) is 1. The number of rotatable bonds is 5. The first kappa shape index (κ1) is 16.4. The lowest BCUT2D eigenvalue weighted by atomic mass is 10.0. The van der Waals surface area contributed by atoms with Crippen LogP contribution in [0.5, 0.6) is 0 Å². The molecule has 0 aliphatic heterocycles. The molecule has 0 N–H and O–H groups in total. The zero-order valence-corrected chi connectivity index (χ0v) is 13.1. The second-order valence-electron chi connectivity index (χ2n) is 6.64. The van der Waals surface area contributed by atoms with Gasteiger partial charge in [0.05, 0.1) is 19.3 Å². The number of carbonyl (C=O) groups is 1. The molecule has 2 unspecified atom stereocenters. The van der Waals surface area contributed by atoms with Crippen LogP contribution in [-0.4, -0.2) is 23.8 Å². The molecular weight excluding hydrogens is 285 g/mol. The summed E-state index contributed by atoms with van der Waals surface area (Å²) in [4.78, 5) is 12.1. The van der Waals surface area contributed by atoms with Crippen molar-refractivity contribution in [1.82, 2.24) is 0 Å². The highest BCUT2D eigenvalue weighted by Gasteiger charge is 2.76. The van der Waals surface area contributed by atoms with Gasteiger partial charge in [-0.25, -0.2) is 4.39 Å². The molecule has 2 atom stereocenters. The summed E-state index contributed by atoms with van der Waals surface area (Å²) in [5.74, 6) is -0.812. The van der Waals surface area contributed by atoms with Crippen molar-refractivity contribution in [3.63, 3.8) is 0 Å². The standard InChI is InChI=1S/C17H20FNO3/c1-15(2,3)22-14(20)16(11-19)10-17(16,18)12-21-9-13-7-5-4-6-8-13/h4-8H,9-10,12H2,1-3H3. The lowest BCUT2D eigenvalue weighted by molar-refractivity contribution is -0.161. The van der Waals surface area contributed by atoms with Crippen LogP contribution in [0.15, 0.2) is 30.3 Å². The van der Waals surface area contributed by atoms with Crippen LogP contribution in [0.3, 0.4) is 0 Å². The lowest BCUT2D eigenvalue weighted by Crippen LogP contribution is -2.34. The van der Waals surface area contributed by atoms with Crippen LogP contribution in [-0.2, 0) is 20.9 Å². The molecule has 0 spiro atoms. The van der Waals surface area contributed by atoms with E-state index in [4.69, 9.17) is 9.47 Å². The van der Waals surface area contributed by atoms with Gasteiger partial charge in [0.2, 0.25) is 0 Å². The molecule has 0 heterocycles. The molecule has 1 saturated carbocycles. The van der Waals surface area contributed by atoms with E-state index in [0.717, 1.165) is 5.56 Å². The Balaban J connectivity index is 1.94. The van der Waals surface area contributed by atoms with Crippen molar-refractivity contribution in [2.24, 2.45) is 5.41 Å². The maximum atomic E-state index is 14.7. The molecule has 0 radical (unpaired) electrons. The summed E-state index contributed by atoms with van der Waals surface area (Å²) >= 11 is 0. The van der Waals surface area contributed by atoms with Crippen molar-refractivity contribution in [3.8, 4) is 6.07 Å². The highest BCUT2D eigenvalue weighted by Crippen LogP contribution is 2.60. The van der Waals surface area contributed by atoms with Crippen molar-refractivity contribution in [1.29, 1.82) is 5.26 Å². The summed E-state index contributed by atoms with van der Waals surface area (Å²) < 4.78 is 25.2. The van der Waals surface area contributed by atoms with Gasteiger partial charge >= 0.3 is 5.97 Å². The van der Waals surface area contributed by atoms with Gasteiger partial charge in [-0.15, -0.1) is 0 Å². The number of alkyl halides is 1. The van der Waals surface area contributed by atoms with Gasteiger partial charge < -0.3 is 9.47 Å². The second kappa shape index (κ2) is 5.69. The maximum absolute atomic E-state index is 14.7. The first-order chi connectivity index (χ1) is 10.2. The monoisotopic (exact) mass is 305 g/mol. The summed E-state index contributed by atoms with van der Waals surface area (Å²) in [5, 5.41) is 9.23. The predicted molar refractivity (Wildman–Crippen MR) is 78.4 cm³/mol. The lowest BCUT2D eigenvalue weighted by Gasteiger charge is -2.22. The third-order valence-electron chi connectivity index (χ3n) is 3.57. The molecule has 0 bridgehead atoms. The molecular formula is C17H20FNO3. The van der Waals surface area contributed by atoms with Gasteiger partial charge in [0, 0.05) is 6.42 Å². The van der Waals surface area contributed by atoms with E-state index >= 15 is 0 Å². The largest absolute Gasteiger partial charge is 0.459 e. The molecule has 118 valence electrons. The molecule has 0 aromatic heterocycles. The Morgan fingerprint density at radius 3 is 2.55 bits per heavy atom. The normalized spacial score (nSPS) is 27.0. The number of halogens is 1. The number of nitriles is 1. The number of hydrogen-bond donors (Lipinski definition) is 0. The van der Waals surface area contributed by atoms with E-state index in [1.807, 2.05) is 30.3 Å². The van der Waals surface area contributed by atoms with Crippen LogP contribution in [0.1, 0.15) is 32.8 Å². The third-order valence-corrected chi connectivity index (χ3v) is 3.57. The first-order valence-corrected chi connectivity index (χ1v) is 7.18. The van der Waals surface area contributed by atoms with Gasteiger partial charge in [0.1, 0.15) is 5.60 Å². The third kappa shape index (κ3) is 3.28. The molecule has 1 aliphatic carbocycles. The van der Waals surface area contributed by atoms with E-state index in [1.165, 1.54) is 0 Å². The van der Waals surface area contributed by atoms with E-state index in [2.05, 4.69) is 0 Å². The van der Waals surface area contributed by atoms with Gasteiger partial charge in [0.25, 0.3) is 0 Å². The minimum absolute atomic E-state index is 0.180. The maximum Gasteiger partial charge on any atom is 0.330 e. The van der Waals surface area contributed by atoms with Crippen molar-refractivity contribution < 1.29 is 18.7 Å². The predicted octanol–water partition coefficient (Wildman–Crippen LogP) is 3.17. The Labute approximate surface area is 129 Å². The zero-order valence-electron chi connectivity index (χ0n) is 13.1. The molecule has 22 heavy (non-hydrogen) atoms. The number of hydrogen-bond acceptors (Lipinski definition) is 4. The molecule has 1 fully saturated rings. The van der Waals surface area contributed by atoms with E-state index in [0.29, 0.717) is 0 Å². The summed E-state index contributed by atoms with van der Waals surface area (Å²) in [7, 11) is 0. The van der Waals surface area contributed by atoms with Crippen LogP contribution in [0.4, 0.5) is 4.39 Å². The van der Waals surface area contributed by atoms with Crippen LogP contribution < -0.4 is 0 Å². The van der Waals surface area contributed by atoms with Crippen molar-refractivity contribution >= 4 is 5.97 Å². The summed E-state index contributed by atoms with van der Waals surface area (Å²) in [6.07, 6.45) is -0.180. The zero-order chi connectivity index (χ0) is 16.4. The number of carbonyl (C=O) groups excluding carboxylic acids is 1. The van der Waals surface area contributed by atoms with E-state index in [-0.39, 0.29) is 19.6 Å². The number of benzene rings is 1. The van der Waals surface area contributed by atoms with Crippen molar-refractivity contribution in [2.75, 3.05) is 6.61 Å². The topological polar surface area (TPSA) is 59.3 Å². The highest BCUT2D eigenvalue weighted by molar-refractivity contribution is 5.86. The van der Waals surface area contributed by atoms with E-state index in [1.54, 1.807) is 26.8 Å². The quantitative estimate of drug-likeness (QED) is 0.784. The summed E-state index contributed by atoms with van der Waals surface area (Å²) in [6, 6.07) is 11.1. The van der Waals surface area contributed by atoms with E-state index in [9.17, 15) is 14.4 Å². The molecule has 0 saturated heterocycles. The molecule has 4 nitrogen and oxygen atoms in total. The van der Waals surface area contributed by atoms with Crippen LogP contribution in [0, 0.1) is 16.7 Å². The minimum Gasteiger partial charge on any atom is -0.459 e. The fourth-order valence-electron chi connectivity index (χ4n) is 2.26. The van der Waals surface area contributed by atoms with Crippen molar-refractivity contribution in [2.45, 2.75) is 45.1 Å². The highest BCUT2D eigenvalue weighted by atomic mass is 19.1. The Morgan fingerprint density at radius 1 is 1.36 bits per heavy atom.